The van der Waals surface area contributed by atoms with Crippen molar-refractivity contribution in [2.45, 2.75) is 89.3 Å². The SMILES string of the molecule is CC(=O)N1CCN(C2CCC(NC(=O)c3cc4c(C)nn(C5CCC(F)(F)CC5)c4s3)CC2)CC1. The first-order valence-corrected chi connectivity index (χ1v) is 13.7. The number of halogens is 2. The molecule has 2 amide bonds. The third-order valence-electron chi connectivity index (χ3n) is 8.13. The van der Waals surface area contributed by atoms with Gasteiger partial charge in [0.15, 0.2) is 0 Å². The first-order chi connectivity index (χ1) is 16.7. The van der Waals surface area contributed by atoms with Gasteiger partial charge in [0, 0.05) is 63.4 Å². The number of fused-ring (bicyclic) bond motifs is 1. The molecule has 10 heteroatoms. The maximum absolute atomic E-state index is 13.6. The van der Waals surface area contributed by atoms with Crippen molar-refractivity contribution in [2.24, 2.45) is 0 Å². The second-order valence-electron chi connectivity index (χ2n) is 10.5. The summed E-state index contributed by atoms with van der Waals surface area (Å²) in [5.74, 6) is -2.47. The van der Waals surface area contributed by atoms with E-state index in [0.29, 0.717) is 23.8 Å². The molecule has 0 radical (unpaired) electrons. The number of nitrogens with zero attached hydrogens (tertiary/aromatic N) is 4. The van der Waals surface area contributed by atoms with Gasteiger partial charge in [-0.15, -0.1) is 11.3 Å². The molecular weight excluding hydrogens is 472 g/mol. The van der Waals surface area contributed by atoms with E-state index >= 15 is 0 Å². The first kappa shape index (κ1) is 24.6. The lowest BCUT2D eigenvalue weighted by atomic mass is 9.89. The van der Waals surface area contributed by atoms with Crippen molar-refractivity contribution in [2.75, 3.05) is 26.2 Å². The van der Waals surface area contributed by atoms with Crippen molar-refractivity contribution in [1.82, 2.24) is 24.9 Å². The van der Waals surface area contributed by atoms with E-state index in [2.05, 4.69) is 15.3 Å². The quantitative estimate of drug-likeness (QED) is 0.668. The summed E-state index contributed by atoms with van der Waals surface area (Å²) in [4.78, 5) is 30.6. The van der Waals surface area contributed by atoms with Gasteiger partial charge >= 0.3 is 0 Å². The lowest BCUT2D eigenvalue weighted by Gasteiger charge is -2.41. The summed E-state index contributed by atoms with van der Waals surface area (Å²) in [6, 6.07) is 2.57. The van der Waals surface area contributed by atoms with Gasteiger partial charge in [-0.2, -0.15) is 5.10 Å². The fourth-order valence-electron chi connectivity index (χ4n) is 5.94. The van der Waals surface area contributed by atoms with Crippen molar-refractivity contribution < 1.29 is 18.4 Å². The van der Waals surface area contributed by atoms with Crippen LogP contribution in [0.25, 0.3) is 10.2 Å². The molecule has 0 unspecified atom stereocenters. The van der Waals surface area contributed by atoms with Crippen LogP contribution in [0.1, 0.15) is 79.7 Å². The number of hydrogen-bond acceptors (Lipinski definition) is 5. The number of nitrogens with one attached hydrogen (secondary N) is 1. The molecule has 3 aliphatic rings. The van der Waals surface area contributed by atoms with Crippen LogP contribution in [0.15, 0.2) is 6.07 Å². The van der Waals surface area contributed by atoms with Gasteiger partial charge in [-0.1, -0.05) is 0 Å². The van der Waals surface area contributed by atoms with Crippen molar-refractivity contribution in [3.8, 4) is 0 Å². The van der Waals surface area contributed by atoms with Gasteiger partial charge < -0.3 is 10.2 Å². The van der Waals surface area contributed by atoms with E-state index in [1.54, 1.807) is 6.92 Å². The molecule has 1 N–H and O–H groups in total. The van der Waals surface area contributed by atoms with Gasteiger partial charge in [0.2, 0.25) is 11.8 Å². The third-order valence-corrected chi connectivity index (χ3v) is 9.26. The number of alkyl halides is 2. The molecule has 2 saturated carbocycles. The molecule has 2 aliphatic carbocycles. The molecule has 35 heavy (non-hydrogen) atoms. The van der Waals surface area contributed by atoms with Crippen molar-refractivity contribution in [3.05, 3.63) is 16.6 Å². The summed E-state index contributed by atoms with van der Waals surface area (Å²) in [5.41, 5.74) is 0.845. The Morgan fingerprint density at radius 1 is 1.03 bits per heavy atom. The van der Waals surface area contributed by atoms with E-state index in [4.69, 9.17) is 0 Å². The average molecular weight is 508 g/mol. The maximum atomic E-state index is 13.6. The van der Waals surface area contributed by atoms with E-state index in [1.807, 2.05) is 22.6 Å². The minimum Gasteiger partial charge on any atom is -0.349 e. The van der Waals surface area contributed by atoms with Gasteiger partial charge in [0.05, 0.1) is 16.6 Å². The van der Waals surface area contributed by atoms with Crippen LogP contribution in [-0.2, 0) is 4.79 Å². The molecule has 0 atom stereocenters. The number of carbonyl (C=O) groups excluding carboxylic acids is 2. The summed E-state index contributed by atoms with van der Waals surface area (Å²) in [5, 5.41) is 8.81. The highest BCUT2D eigenvalue weighted by atomic mass is 32.1. The van der Waals surface area contributed by atoms with Crippen molar-refractivity contribution in [1.29, 1.82) is 0 Å². The van der Waals surface area contributed by atoms with E-state index in [0.717, 1.165) is 67.8 Å². The fraction of sp³-hybridized carbons (Fsp3) is 0.720. The average Bonchev–Trinajstić information content (AvgIpc) is 3.41. The van der Waals surface area contributed by atoms with Crippen LogP contribution in [-0.4, -0.2) is 75.6 Å². The van der Waals surface area contributed by atoms with E-state index in [-0.39, 0.29) is 36.7 Å². The first-order valence-electron chi connectivity index (χ1n) is 12.9. The molecule has 2 aromatic heterocycles. The van der Waals surface area contributed by atoms with Crippen LogP contribution < -0.4 is 5.32 Å². The standard InChI is InChI=1S/C25H35F2N5O2S/c1-16-21-15-22(35-24(21)32(29-16)20-7-9-25(26,27)10-8-20)23(34)28-18-3-5-19(6-4-18)31-13-11-30(12-14-31)17(2)33/h15,18-20H,3-14H2,1-2H3,(H,28,34). The predicted molar refractivity (Wildman–Crippen MR) is 132 cm³/mol. The molecule has 1 aliphatic heterocycles. The van der Waals surface area contributed by atoms with Gasteiger partial charge in [-0.3, -0.25) is 19.2 Å². The highest BCUT2D eigenvalue weighted by molar-refractivity contribution is 7.20. The molecule has 1 saturated heterocycles. The van der Waals surface area contributed by atoms with Crippen molar-refractivity contribution >= 4 is 33.4 Å². The Bertz CT molecular complexity index is 1070. The molecule has 0 bridgehead atoms. The zero-order valence-electron chi connectivity index (χ0n) is 20.6. The van der Waals surface area contributed by atoms with E-state index in [9.17, 15) is 18.4 Å². The number of thiophene rings is 1. The van der Waals surface area contributed by atoms with Crippen LogP contribution in [0.3, 0.4) is 0 Å². The highest BCUT2D eigenvalue weighted by Crippen LogP contribution is 2.41. The number of aryl methyl sites for hydroxylation is 1. The highest BCUT2D eigenvalue weighted by Gasteiger charge is 2.37. The van der Waals surface area contributed by atoms with Gasteiger partial charge in [0.1, 0.15) is 4.83 Å². The topological polar surface area (TPSA) is 70.5 Å². The molecule has 192 valence electrons. The second-order valence-corrected chi connectivity index (χ2v) is 11.5. The van der Waals surface area contributed by atoms with Crippen LogP contribution >= 0.6 is 11.3 Å². The monoisotopic (exact) mass is 507 g/mol. The number of piperazine rings is 1. The maximum Gasteiger partial charge on any atom is 0.261 e. The molecule has 7 nitrogen and oxygen atoms in total. The number of carbonyl (C=O) groups is 2. The molecule has 2 aromatic rings. The van der Waals surface area contributed by atoms with Crippen LogP contribution in [0.2, 0.25) is 0 Å². The second kappa shape index (κ2) is 9.76. The molecule has 5 rings (SSSR count). The Balaban J connectivity index is 1.17. The van der Waals surface area contributed by atoms with E-state index < -0.39 is 5.92 Å². The minimum absolute atomic E-state index is 0.0343. The largest absolute Gasteiger partial charge is 0.349 e. The zero-order valence-corrected chi connectivity index (χ0v) is 21.4. The zero-order chi connectivity index (χ0) is 24.7. The summed E-state index contributed by atoms with van der Waals surface area (Å²) < 4.78 is 29.1. The Morgan fingerprint density at radius 3 is 2.31 bits per heavy atom. The smallest absolute Gasteiger partial charge is 0.261 e. The normalized spacial score (nSPS) is 26.2. The van der Waals surface area contributed by atoms with Gasteiger partial charge in [0.25, 0.3) is 5.91 Å². The van der Waals surface area contributed by atoms with Gasteiger partial charge in [-0.05, 0) is 51.5 Å². The molecule has 3 heterocycles. The number of amides is 2. The van der Waals surface area contributed by atoms with Crippen molar-refractivity contribution in [3.63, 3.8) is 0 Å². The molecule has 3 fully saturated rings. The Morgan fingerprint density at radius 2 is 1.69 bits per heavy atom. The Hall–Kier alpha value is -2.07. The van der Waals surface area contributed by atoms with Gasteiger partial charge in [-0.25, -0.2) is 8.78 Å². The lowest BCUT2D eigenvalue weighted by Crippen LogP contribution is -2.53. The lowest BCUT2D eigenvalue weighted by molar-refractivity contribution is -0.131. The predicted octanol–water partition coefficient (Wildman–Crippen LogP) is 4.36. The third kappa shape index (κ3) is 5.23. The Labute approximate surface area is 208 Å². The number of hydrogen-bond donors (Lipinski definition) is 1. The van der Waals surface area contributed by atoms with Crippen LogP contribution in [0, 0.1) is 6.92 Å². The fourth-order valence-corrected chi connectivity index (χ4v) is 7.08. The van der Waals surface area contributed by atoms with Crippen LogP contribution in [0.5, 0.6) is 0 Å². The molecule has 0 aromatic carbocycles. The van der Waals surface area contributed by atoms with Crippen LogP contribution in [0.4, 0.5) is 8.78 Å². The summed E-state index contributed by atoms with van der Waals surface area (Å²) in [6.45, 7) is 7.02. The number of aromatic nitrogens is 2. The summed E-state index contributed by atoms with van der Waals surface area (Å²) >= 11 is 1.42. The number of rotatable bonds is 4. The summed E-state index contributed by atoms with van der Waals surface area (Å²) in [6.07, 6.45) is 4.63. The minimum atomic E-state index is -2.57. The van der Waals surface area contributed by atoms with E-state index in [1.165, 1.54) is 11.3 Å². The molecule has 0 spiro atoms. The molecular formula is C25H35F2N5O2S. The summed E-state index contributed by atoms with van der Waals surface area (Å²) in [7, 11) is 0. The Kier molecular flexibility index (Phi) is 6.87.